The average molecular weight is 261 g/mol. The molecule has 0 radical (unpaired) electrons. The topological polar surface area (TPSA) is 83.5 Å². The number of carbonyl (C=O) groups is 3. The van der Waals surface area contributed by atoms with Gasteiger partial charge in [0.2, 0.25) is 5.91 Å². The number of carboxylic acid groups (broad SMARTS) is 1. The van der Waals surface area contributed by atoms with Crippen LogP contribution < -0.4 is 5.32 Å². The second kappa shape index (κ2) is 6.49. The first-order chi connectivity index (χ1) is 8.90. The summed E-state index contributed by atoms with van der Waals surface area (Å²) < 4.78 is 0. The van der Waals surface area contributed by atoms with Crippen LogP contribution in [-0.2, 0) is 9.59 Å². The van der Waals surface area contributed by atoms with Crippen LogP contribution >= 0.6 is 0 Å². The first-order valence-electron chi connectivity index (χ1n) is 5.76. The molecule has 1 amide bonds. The van der Waals surface area contributed by atoms with E-state index in [1.165, 1.54) is 0 Å². The summed E-state index contributed by atoms with van der Waals surface area (Å²) in [6.07, 6.45) is 1.68. The molecule has 0 fully saturated rings. The van der Waals surface area contributed by atoms with Gasteiger partial charge >= 0.3 is 5.97 Å². The van der Waals surface area contributed by atoms with Gasteiger partial charge in [-0.1, -0.05) is 13.8 Å². The summed E-state index contributed by atoms with van der Waals surface area (Å²) in [7, 11) is 0. The van der Waals surface area contributed by atoms with Crippen molar-refractivity contribution < 1.29 is 19.5 Å². The van der Waals surface area contributed by atoms with Crippen molar-refractivity contribution in [1.29, 1.82) is 0 Å². The van der Waals surface area contributed by atoms with Crippen molar-refractivity contribution in [3.63, 3.8) is 0 Å². The van der Waals surface area contributed by atoms with E-state index >= 15 is 0 Å². The maximum absolute atomic E-state index is 11.7. The van der Waals surface area contributed by atoms with E-state index in [0.29, 0.717) is 11.3 Å². The molecule has 0 aliphatic rings. The lowest BCUT2D eigenvalue weighted by atomic mass is 10.0. The van der Waals surface area contributed by atoms with Crippen LogP contribution in [0.5, 0.6) is 0 Å². The summed E-state index contributed by atoms with van der Waals surface area (Å²) in [4.78, 5) is 33.2. The molecule has 1 aromatic carbocycles. The van der Waals surface area contributed by atoms with Crippen LogP contribution in [0.25, 0.3) is 0 Å². The van der Waals surface area contributed by atoms with E-state index < -0.39 is 11.9 Å². The van der Waals surface area contributed by atoms with Crippen molar-refractivity contribution in [3.05, 3.63) is 42.0 Å². The Hall–Kier alpha value is -2.43. The van der Waals surface area contributed by atoms with E-state index in [-0.39, 0.29) is 11.7 Å². The molecule has 1 rings (SSSR count). The zero-order chi connectivity index (χ0) is 14.4. The van der Waals surface area contributed by atoms with Crippen LogP contribution in [-0.4, -0.2) is 22.8 Å². The summed E-state index contributed by atoms with van der Waals surface area (Å²) in [5.74, 6) is -1.78. The van der Waals surface area contributed by atoms with Gasteiger partial charge in [-0.2, -0.15) is 0 Å². The number of rotatable bonds is 5. The minimum atomic E-state index is -1.19. The van der Waals surface area contributed by atoms with Crippen molar-refractivity contribution in [2.24, 2.45) is 5.92 Å². The lowest BCUT2D eigenvalue weighted by Gasteiger charge is -2.06. The standard InChI is InChI=1S/C14H15NO4/c1-9(2)14(19)10-3-5-11(6-4-10)15-12(16)7-8-13(17)18/h3-9H,1-2H3,(H,15,16)(H,17,18)/b8-7+. The molecule has 100 valence electrons. The Bertz CT molecular complexity index is 515. The number of hydrogen-bond acceptors (Lipinski definition) is 3. The lowest BCUT2D eigenvalue weighted by molar-refractivity contribution is -0.131. The highest BCUT2D eigenvalue weighted by Gasteiger charge is 2.09. The average Bonchev–Trinajstić information content (AvgIpc) is 2.36. The molecule has 0 spiro atoms. The van der Waals surface area contributed by atoms with Gasteiger partial charge in [0.25, 0.3) is 0 Å². The maximum Gasteiger partial charge on any atom is 0.328 e. The van der Waals surface area contributed by atoms with Crippen LogP contribution in [0, 0.1) is 5.92 Å². The van der Waals surface area contributed by atoms with E-state index in [2.05, 4.69) is 5.32 Å². The summed E-state index contributed by atoms with van der Waals surface area (Å²) in [6, 6.07) is 6.45. The molecule has 0 saturated heterocycles. The van der Waals surface area contributed by atoms with Gasteiger partial charge in [-0.15, -0.1) is 0 Å². The van der Waals surface area contributed by atoms with E-state index in [1.807, 2.05) is 13.8 Å². The molecule has 1 aromatic rings. The molecule has 2 N–H and O–H groups in total. The van der Waals surface area contributed by atoms with Gasteiger partial charge in [0.1, 0.15) is 0 Å². The Morgan fingerprint density at radius 3 is 2.16 bits per heavy atom. The van der Waals surface area contributed by atoms with Crippen molar-refractivity contribution in [3.8, 4) is 0 Å². The molecule has 0 saturated carbocycles. The first kappa shape index (κ1) is 14.6. The molecule has 19 heavy (non-hydrogen) atoms. The Morgan fingerprint density at radius 2 is 1.68 bits per heavy atom. The first-order valence-corrected chi connectivity index (χ1v) is 5.76. The Kier molecular flexibility index (Phi) is 5.00. The number of benzene rings is 1. The fraction of sp³-hybridized carbons (Fsp3) is 0.214. The molecular formula is C14H15NO4. The van der Waals surface area contributed by atoms with Crippen molar-refractivity contribution in [1.82, 2.24) is 0 Å². The summed E-state index contributed by atoms with van der Waals surface area (Å²) >= 11 is 0. The van der Waals surface area contributed by atoms with E-state index in [4.69, 9.17) is 5.11 Å². The van der Waals surface area contributed by atoms with Gasteiger partial charge in [-0.25, -0.2) is 4.79 Å². The Balaban J connectivity index is 2.70. The van der Waals surface area contributed by atoms with Crippen LogP contribution in [0.3, 0.4) is 0 Å². The molecule has 5 nitrogen and oxygen atoms in total. The number of ketones is 1. The van der Waals surface area contributed by atoms with Crippen LogP contribution in [0.1, 0.15) is 24.2 Å². The molecule has 0 heterocycles. The monoisotopic (exact) mass is 261 g/mol. The van der Waals surface area contributed by atoms with Crippen LogP contribution in [0.4, 0.5) is 5.69 Å². The molecular weight excluding hydrogens is 246 g/mol. The number of nitrogens with one attached hydrogen (secondary N) is 1. The number of aliphatic carboxylic acids is 1. The van der Waals surface area contributed by atoms with Gasteiger partial charge in [-0.05, 0) is 24.3 Å². The van der Waals surface area contributed by atoms with Gasteiger partial charge in [0, 0.05) is 29.3 Å². The summed E-state index contributed by atoms with van der Waals surface area (Å²) in [5.41, 5.74) is 1.08. The highest BCUT2D eigenvalue weighted by Crippen LogP contribution is 2.13. The van der Waals surface area contributed by atoms with Gasteiger partial charge in [0.05, 0.1) is 0 Å². The third-order valence-corrected chi connectivity index (χ3v) is 2.34. The zero-order valence-corrected chi connectivity index (χ0v) is 10.7. The minimum Gasteiger partial charge on any atom is -0.478 e. The number of Topliss-reactive ketones (excluding diaryl/α,β-unsaturated/α-hetero) is 1. The van der Waals surface area contributed by atoms with Crippen LogP contribution in [0.15, 0.2) is 36.4 Å². The third kappa shape index (κ3) is 4.75. The predicted octanol–water partition coefficient (Wildman–Crippen LogP) is 2.10. The molecule has 0 bridgehead atoms. The quantitative estimate of drug-likeness (QED) is 0.628. The fourth-order valence-electron chi connectivity index (χ4n) is 1.38. The minimum absolute atomic E-state index is 0.0312. The summed E-state index contributed by atoms with van der Waals surface area (Å²) in [6.45, 7) is 3.63. The fourth-order valence-corrected chi connectivity index (χ4v) is 1.38. The molecule has 0 aliphatic heterocycles. The van der Waals surface area contributed by atoms with E-state index in [0.717, 1.165) is 12.2 Å². The van der Waals surface area contributed by atoms with Crippen molar-refractivity contribution >= 4 is 23.3 Å². The molecule has 0 unspecified atom stereocenters. The molecule has 0 aliphatic carbocycles. The maximum atomic E-state index is 11.7. The number of carboxylic acids is 1. The van der Waals surface area contributed by atoms with E-state index in [9.17, 15) is 14.4 Å². The number of anilines is 1. The molecule has 5 heteroatoms. The van der Waals surface area contributed by atoms with Gasteiger partial charge in [-0.3, -0.25) is 9.59 Å². The largest absolute Gasteiger partial charge is 0.478 e. The second-order valence-corrected chi connectivity index (χ2v) is 4.26. The normalized spacial score (nSPS) is 10.7. The SMILES string of the molecule is CC(C)C(=O)c1ccc(NC(=O)/C=C/C(=O)O)cc1. The highest BCUT2D eigenvalue weighted by molar-refractivity contribution is 6.03. The van der Waals surface area contributed by atoms with Crippen molar-refractivity contribution in [2.45, 2.75) is 13.8 Å². The number of carbonyl (C=O) groups excluding carboxylic acids is 2. The molecule has 0 aromatic heterocycles. The second-order valence-electron chi connectivity index (χ2n) is 4.26. The predicted molar refractivity (Wildman–Crippen MR) is 71.0 cm³/mol. The number of hydrogen-bond donors (Lipinski definition) is 2. The van der Waals surface area contributed by atoms with E-state index in [1.54, 1.807) is 24.3 Å². The third-order valence-electron chi connectivity index (χ3n) is 2.34. The van der Waals surface area contributed by atoms with Crippen molar-refractivity contribution in [2.75, 3.05) is 5.32 Å². The number of amides is 1. The highest BCUT2D eigenvalue weighted by atomic mass is 16.4. The zero-order valence-electron chi connectivity index (χ0n) is 10.7. The Labute approximate surface area is 110 Å². The molecule has 0 atom stereocenters. The lowest BCUT2D eigenvalue weighted by Crippen LogP contribution is -2.10. The Morgan fingerprint density at radius 1 is 1.11 bits per heavy atom. The van der Waals surface area contributed by atoms with Gasteiger partial charge in [0.15, 0.2) is 5.78 Å². The van der Waals surface area contributed by atoms with Gasteiger partial charge < -0.3 is 10.4 Å². The summed E-state index contributed by atoms with van der Waals surface area (Å²) in [5, 5.41) is 10.9. The van der Waals surface area contributed by atoms with Crippen LogP contribution in [0.2, 0.25) is 0 Å². The smallest absolute Gasteiger partial charge is 0.328 e.